The summed E-state index contributed by atoms with van der Waals surface area (Å²) >= 11 is 0. The highest BCUT2D eigenvalue weighted by molar-refractivity contribution is 5.93. The van der Waals surface area contributed by atoms with Gasteiger partial charge in [0.2, 0.25) is 0 Å². The summed E-state index contributed by atoms with van der Waals surface area (Å²) in [4.78, 5) is 24.8. The van der Waals surface area contributed by atoms with Crippen LogP contribution in [0, 0.1) is 5.92 Å². The minimum atomic E-state index is -0.202. The molecule has 7 nitrogen and oxygen atoms in total. The molecule has 2 heterocycles. The van der Waals surface area contributed by atoms with Gasteiger partial charge in [-0.15, -0.1) is 0 Å². The zero-order chi connectivity index (χ0) is 17.1. The summed E-state index contributed by atoms with van der Waals surface area (Å²) < 4.78 is 6.96. The van der Waals surface area contributed by atoms with Gasteiger partial charge < -0.3 is 10.1 Å². The molecule has 0 unspecified atom stereocenters. The quantitative estimate of drug-likeness (QED) is 0.797. The molecule has 0 saturated carbocycles. The summed E-state index contributed by atoms with van der Waals surface area (Å²) in [5.74, 6) is 1.03. The molecule has 0 bridgehead atoms. The lowest BCUT2D eigenvalue weighted by Crippen LogP contribution is -2.31. The van der Waals surface area contributed by atoms with Gasteiger partial charge in [-0.25, -0.2) is 19.7 Å². The number of nitrogens with zero attached hydrogens (tertiary/aromatic N) is 4. The van der Waals surface area contributed by atoms with Crippen molar-refractivity contribution >= 4 is 17.1 Å². The molecule has 3 rings (SSSR count). The number of carbonyl (C=O) groups is 1. The standard InChI is InChI=1S/C17H19N5O2/c1-11(2)6-20-17(23)22-10-21-14-5-16(24-3)13(4-15(14)22)12-7-18-9-19-8-12/h4-5,7-11H,6H2,1-3H3,(H,20,23). The van der Waals surface area contributed by atoms with Crippen LogP contribution >= 0.6 is 0 Å². The first-order valence-electron chi connectivity index (χ1n) is 7.69. The fraction of sp³-hybridized carbons (Fsp3) is 0.294. The molecule has 1 amide bonds. The molecule has 2 aromatic heterocycles. The Bertz CT molecular complexity index is 858. The van der Waals surface area contributed by atoms with Gasteiger partial charge in [0.1, 0.15) is 18.4 Å². The Hall–Kier alpha value is -2.96. The molecular weight excluding hydrogens is 306 g/mol. The van der Waals surface area contributed by atoms with Crippen molar-refractivity contribution in [1.29, 1.82) is 0 Å². The summed E-state index contributed by atoms with van der Waals surface area (Å²) in [5.41, 5.74) is 3.01. The molecular formula is C17H19N5O2. The van der Waals surface area contributed by atoms with Crippen LogP contribution < -0.4 is 10.1 Å². The van der Waals surface area contributed by atoms with Gasteiger partial charge in [0.05, 0.1) is 18.1 Å². The number of benzene rings is 1. The average molecular weight is 325 g/mol. The molecule has 1 N–H and O–H groups in total. The van der Waals surface area contributed by atoms with Crippen LogP contribution in [0.25, 0.3) is 22.2 Å². The van der Waals surface area contributed by atoms with Crippen LogP contribution in [0.2, 0.25) is 0 Å². The predicted octanol–water partition coefficient (Wildman–Crippen LogP) is 2.72. The minimum absolute atomic E-state index is 0.202. The van der Waals surface area contributed by atoms with Gasteiger partial charge in [-0.1, -0.05) is 13.8 Å². The van der Waals surface area contributed by atoms with E-state index in [0.717, 1.165) is 11.1 Å². The predicted molar refractivity (Wildman–Crippen MR) is 90.9 cm³/mol. The van der Waals surface area contributed by atoms with Crippen LogP contribution in [0.4, 0.5) is 4.79 Å². The molecule has 24 heavy (non-hydrogen) atoms. The van der Waals surface area contributed by atoms with E-state index < -0.39 is 0 Å². The fourth-order valence-electron chi connectivity index (χ4n) is 2.41. The zero-order valence-corrected chi connectivity index (χ0v) is 13.9. The van der Waals surface area contributed by atoms with Crippen LogP contribution in [0.15, 0.2) is 37.2 Å². The number of ether oxygens (including phenoxy) is 1. The Balaban J connectivity index is 2.07. The second kappa shape index (κ2) is 6.66. The van der Waals surface area contributed by atoms with E-state index >= 15 is 0 Å². The number of imidazole rings is 1. The van der Waals surface area contributed by atoms with E-state index in [0.29, 0.717) is 29.2 Å². The van der Waals surface area contributed by atoms with E-state index in [4.69, 9.17) is 4.74 Å². The Morgan fingerprint density at radius 1 is 1.29 bits per heavy atom. The summed E-state index contributed by atoms with van der Waals surface area (Å²) in [7, 11) is 1.60. The highest BCUT2D eigenvalue weighted by Gasteiger charge is 2.15. The molecule has 1 aromatic carbocycles. The van der Waals surface area contributed by atoms with Crippen molar-refractivity contribution in [1.82, 2.24) is 24.8 Å². The number of nitrogens with one attached hydrogen (secondary N) is 1. The normalized spacial score (nSPS) is 11.0. The Morgan fingerprint density at radius 3 is 2.71 bits per heavy atom. The molecule has 3 aromatic rings. The lowest BCUT2D eigenvalue weighted by Gasteiger charge is -2.11. The highest BCUT2D eigenvalue weighted by Crippen LogP contribution is 2.33. The van der Waals surface area contributed by atoms with Crippen LogP contribution in [-0.2, 0) is 0 Å². The summed E-state index contributed by atoms with van der Waals surface area (Å²) in [6.07, 6.45) is 6.40. The second-order valence-corrected chi connectivity index (χ2v) is 5.86. The van der Waals surface area contributed by atoms with Crippen molar-refractivity contribution in [2.45, 2.75) is 13.8 Å². The van der Waals surface area contributed by atoms with Crippen molar-refractivity contribution in [3.63, 3.8) is 0 Å². The van der Waals surface area contributed by atoms with Crippen LogP contribution in [0.1, 0.15) is 13.8 Å². The highest BCUT2D eigenvalue weighted by atomic mass is 16.5. The van der Waals surface area contributed by atoms with Gasteiger partial charge in [-0.3, -0.25) is 4.57 Å². The van der Waals surface area contributed by atoms with Crippen LogP contribution in [0.3, 0.4) is 0 Å². The molecule has 0 fully saturated rings. The topological polar surface area (TPSA) is 81.9 Å². The molecule has 0 radical (unpaired) electrons. The molecule has 7 heteroatoms. The Morgan fingerprint density at radius 2 is 2.04 bits per heavy atom. The van der Waals surface area contributed by atoms with Crippen LogP contribution in [0.5, 0.6) is 5.75 Å². The molecule has 0 aliphatic heterocycles. The lowest BCUT2D eigenvalue weighted by atomic mass is 10.1. The first kappa shape index (κ1) is 15.9. The fourth-order valence-corrected chi connectivity index (χ4v) is 2.41. The van der Waals surface area contributed by atoms with Crippen molar-refractivity contribution < 1.29 is 9.53 Å². The number of aromatic nitrogens is 4. The van der Waals surface area contributed by atoms with E-state index in [9.17, 15) is 4.79 Å². The van der Waals surface area contributed by atoms with Crippen LogP contribution in [-0.4, -0.2) is 39.2 Å². The van der Waals surface area contributed by atoms with Gasteiger partial charge in [0.15, 0.2) is 0 Å². The number of hydrogen-bond acceptors (Lipinski definition) is 5. The maximum Gasteiger partial charge on any atom is 0.327 e. The monoisotopic (exact) mass is 325 g/mol. The van der Waals surface area contributed by atoms with E-state index in [-0.39, 0.29) is 6.03 Å². The summed E-state index contributed by atoms with van der Waals surface area (Å²) in [5, 5.41) is 2.89. The van der Waals surface area contributed by atoms with Crippen molar-refractivity contribution in [2.75, 3.05) is 13.7 Å². The Kier molecular flexibility index (Phi) is 4.41. The molecule has 124 valence electrons. The van der Waals surface area contributed by atoms with Crippen molar-refractivity contribution in [3.8, 4) is 16.9 Å². The third-order valence-electron chi connectivity index (χ3n) is 3.62. The number of rotatable bonds is 4. The van der Waals surface area contributed by atoms with E-state index in [2.05, 4.69) is 20.3 Å². The van der Waals surface area contributed by atoms with E-state index in [1.54, 1.807) is 19.5 Å². The van der Waals surface area contributed by atoms with Gasteiger partial charge in [-0.2, -0.15) is 0 Å². The molecule has 0 aliphatic rings. The number of amides is 1. The maximum absolute atomic E-state index is 12.4. The maximum atomic E-state index is 12.4. The molecule has 0 atom stereocenters. The number of fused-ring (bicyclic) bond motifs is 1. The minimum Gasteiger partial charge on any atom is -0.496 e. The van der Waals surface area contributed by atoms with E-state index in [1.165, 1.54) is 17.2 Å². The van der Waals surface area contributed by atoms with Crippen molar-refractivity contribution in [2.24, 2.45) is 5.92 Å². The first-order valence-corrected chi connectivity index (χ1v) is 7.69. The summed E-state index contributed by atoms with van der Waals surface area (Å²) in [6.45, 7) is 4.70. The smallest absolute Gasteiger partial charge is 0.327 e. The largest absolute Gasteiger partial charge is 0.496 e. The van der Waals surface area contributed by atoms with Crippen molar-refractivity contribution in [3.05, 3.63) is 37.2 Å². The Labute approximate surface area is 139 Å². The van der Waals surface area contributed by atoms with E-state index in [1.807, 2.05) is 26.0 Å². The summed E-state index contributed by atoms with van der Waals surface area (Å²) in [6, 6.07) is 3.48. The average Bonchev–Trinajstić information content (AvgIpc) is 3.02. The number of methoxy groups -OCH3 is 1. The third kappa shape index (κ3) is 3.05. The zero-order valence-electron chi connectivity index (χ0n) is 13.9. The van der Waals surface area contributed by atoms with Gasteiger partial charge >= 0.3 is 6.03 Å². The molecule has 0 spiro atoms. The second-order valence-electron chi connectivity index (χ2n) is 5.86. The first-order chi connectivity index (χ1) is 11.6. The molecule has 0 saturated heterocycles. The number of hydrogen-bond donors (Lipinski definition) is 1. The van der Waals surface area contributed by atoms with Gasteiger partial charge in [0.25, 0.3) is 0 Å². The lowest BCUT2D eigenvalue weighted by molar-refractivity contribution is 0.242. The third-order valence-corrected chi connectivity index (χ3v) is 3.62. The number of carbonyl (C=O) groups excluding carboxylic acids is 1. The van der Waals surface area contributed by atoms with Gasteiger partial charge in [0, 0.05) is 36.1 Å². The molecule has 0 aliphatic carbocycles. The van der Waals surface area contributed by atoms with Gasteiger partial charge in [-0.05, 0) is 12.0 Å². The SMILES string of the molecule is COc1cc2ncn(C(=O)NCC(C)C)c2cc1-c1cncnc1.